The van der Waals surface area contributed by atoms with Gasteiger partial charge in [0.15, 0.2) is 0 Å². The Morgan fingerprint density at radius 2 is 1.82 bits per heavy atom. The monoisotopic (exact) mass is 358 g/mol. The first kappa shape index (κ1) is 21.0. The van der Waals surface area contributed by atoms with Crippen molar-refractivity contribution in [2.45, 2.75) is 12.2 Å². The molecule has 1 aliphatic heterocycles. The first-order valence-electron chi connectivity index (χ1n) is 6.41. The number of phenols is 1. The lowest BCUT2D eigenvalue weighted by molar-refractivity contribution is -0.137. The van der Waals surface area contributed by atoms with Crippen LogP contribution in [0.1, 0.15) is 17.2 Å². The molecule has 0 unspecified atom stereocenters. The van der Waals surface area contributed by atoms with Gasteiger partial charge in [0.05, 0.1) is 11.6 Å². The van der Waals surface area contributed by atoms with Gasteiger partial charge in [0, 0.05) is 31.7 Å². The minimum absolute atomic E-state index is 0. The summed E-state index contributed by atoms with van der Waals surface area (Å²) in [6.45, 7) is 6.63. The molecule has 0 spiro atoms. The zero-order valence-electron chi connectivity index (χ0n) is 11.8. The Hall–Kier alpha value is -0.950. The zero-order chi connectivity index (χ0) is 14.8. The predicted octanol–water partition coefficient (Wildman–Crippen LogP) is 3.39. The molecule has 1 saturated heterocycles. The third-order valence-corrected chi connectivity index (χ3v) is 3.44. The lowest BCUT2D eigenvalue weighted by Crippen LogP contribution is -2.44. The first-order valence-corrected chi connectivity index (χ1v) is 6.41. The van der Waals surface area contributed by atoms with E-state index < -0.39 is 17.8 Å². The second-order valence-corrected chi connectivity index (χ2v) is 4.74. The molecule has 0 radical (unpaired) electrons. The molecule has 1 aliphatic rings. The minimum atomic E-state index is -4.42. The van der Waals surface area contributed by atoms with Gasteiger partial charge in [0.1, 0.15) is 5.75 Å². The summed E-state index contributed by atoms with van der Waals surface area (Å²) >= 11 is 0. The molecule has 1 fully saturated rings. The van der Waals surface area contributed by atoms with Gasteiger partial charge in [-0.25, -0.2) is 0 Å². The SMILES string of the molecule is C=C[C@@H](c1cc(C(F)(F)F)ccc1O)N1CCNCC1.Cl.Cl. The molecular formula is C14H19Cl2F3N2O. The molecular weight excluding hydrogens is 340 g/mol. The van der Waals surface area contributed by atoms with E-state index in [1.54, 1.807) is 6.08 Å². The van der Waals surface area contributed by atoms with Gasteiger partial charge >= 0.3 is 6.18 Å². The van der Waals surface area contributed by atoms with E-state index in [9.17, 15) is 18.3 Å². The molecule has 0 amide bonds. The summed E-state index contributed by atoms with van der Waals surface area (Å²) in [6, 6.07) is 2.57. The summed E-state index contributed by atoms with van der Waals surface area (Å²) in [5, 5.41) is 13.1. The minimum Gasteiger partial charge on any atom is -0.508 e. The highest BCUT2D eigenvalue weighted by atomic mass is 35.5. The molecule has 1 heterocycles. The molecule has 2 N–H and O–H groups in total. The fourth-order valence-corrected chi connectivity index (χ4v) is 2.40. The number of alkyl halides is 3. The largest absolute Gasteiger partial charge is 0.508 e. The average molecular weight is 359 g/mol. The molecule has 2 rings (SSSR count). The molecule has 1 aromatic carbocycles. The maximum Gasteiger partial charge on any atom is 0.416 e. The number of rotatable bonds is 3. The van der Waals surface area contributed by atoms with Crippen molar-refractivity contribution in [1.29, 1.82) is 0 Å². The predicted molar refractivity (Wildman–Crippen MR) is 85.0 cm³/mol. The molecule has 3 nitrogen and oxygen atoms in total. The fourth-order valence-electron chi connectivity index (χ4n) is 2.40. The van der Waals surface area contributed by atoms with Crippen LogP contribution in [-0.4, -0.2) is 36.2 Å². The van der Waals surface area contributed by atoms with Crippen LogP contribution in [0.3, 0.4) is 0 Å². The first-order chi connectivity index (χ1) is 9.43. The fraction of sp³-hybridized carbons (Fsp3) is 0.429. The summed E-state index contributed by atoms with van der Waals surface area (Å²) in [4.78, 5) is 2.00. The van der Waals surface area contributed by atoms with Gasteiger partial charge < -0.3 is 10.4 Å². The Bertz CT molecular complexity index is 491. The maximum absolute atomic E-state index is 12.8. The number of phenolic OH excluding ortho intramolecular Hbond substituents is 1. The van der Waals surface area contributed by atoms with Crippen LogP contribution in [0.15, 0.2) is 30.9 Å². The van der Waals surface area contributed by atoms with Crippen LogP contribution in [0.4, 0.5) is 13.2 Å². The Kier molecular flexibility index (Phi) is 8.25. The van der Waals surface area contributed by atoms with E-state index >= 15 is 0 Å². The average Bonchev–Trinajstić information content (AvgIpc) is 2.41. The van der Waals surface area contributed by atoms with Crippen molar-refractivity contribution in [2.75, 3.05) is 26.2 Å². The third kappa shape index (κ3) is 4.78. The van der Waals surface area contributed by atoms with E-state index in [0.29, 0.717) is 13.1 Å². The van der Waals surface area contributed by atoms with Crippen LogP contribution in [-0.2, 0) is 6.18 Å². The Morgan fingerprint density at radius 3 is 2.32 bits per heavy atom. The van der Waals surface area contributed by atoms with Crippen molar-refractivity contribution in [2.24, 2.45) is 0 Å². The number of nitrogens with one attached hydrogen (secondary N) is 1. The van der Waals surface area contributed by atoms with Crippen LogP contribution in [0.25, 0.3) is 0 Å². The Morgan fingerprint density at radius 1 is 1.23 bits per heavy atom. The Balaban J connectivity index is 0.00000220. The van der Waals surface area contributed by atoms with E-state index in [1.165, 1.54) is 0 Å². The van der Waals surface area contributed by atoms with E-state index in [1.807, 2.05) is 4.90 Å². The van der Waals surface area contributed by atoms with Crippen molar-refractivity contribution in [3.63, 3.8) is 0 Å². The van der Waals surface area contributed by atoms with Gasteiger partial charge in [-0.15, -0.1) is 31.4 Å². The molecule has 0 aliphatic carbocycles. The van der Waals surface area contributed by atoms with E-state index in [0.717, 1.165) is 31.3 Å². The zero-order valence-corrected chi connectivity index (χ0v) is 13.4. The molecule has 1 aromatic rings. The van der Waals surface area contributed by atoms with E-state index in [2.05, 4.69) is 11.9 Å². The standard InChI is InChI=1S/C14H17F3N2O.2ClH/c1-2-12(19-7-5-18-6-8-19)11-9-10(14(15,16)17)3-4-13(11)20;;/h2-4,9,12,18,20H,1,5-8H2;2*1H/t12-;;/m0../s1. The highest BCUT2D eigenvalue weighted by Crippen LogP contribution is 2.36. The molecule has 0 saturated carbocycles. The highest BCUT2D eigenvalue weighted by molar-refractivity contribution is 5.85. The highest BCUT2D eigenvalue weighted by Gasteiger charge is 2.32. The maximum atomic E-state index is 12.8. The number of aromatic hydroxyl groups is 1. The summed E-state index contributed by atoms with van der Waals surface area (Å²) < 4.78 is 38.3. The van der Waals surface area contributed by atoms with Crippen LogP contribution in [0, 0.1) is 0 Å². The van der Waals surface area contributed by atoms with Crippen molar-refractivity contribution in [3.05, 3.63) is 42.0 Å². The van der Waals surface area contributed by atoms with E-state index in [-0.39, 0.29) is 36.1 Å². The van der Waals surface area contributed by atoms with Crippen LogP contribution < -0.4 is 5.32 Å². The Labute approximate surface area is 140 Å². The third-order valence-electron chi connectivity index (χ3n) is 3.44. The molecule has 22 heavy (non-hydrogen) atoms. The van der Waals surface area contributed by atoms with Gasteiger partial charge in [-0.2, -0.15) is 13.2 Å². The topological polar surface area (TPSA) is 35.5 Å². The van der Waals surface area contributed by atoms with Gasteiger partial charge in [0.25, 0.3) is 0 Å². The molecule has 126 valence electrons. The summed E-state index contributed by atoms with van der Waals surface area (Å²) in [7, 11) is 0. The summed E-state index contributed by atoms with van der Waals surface area (Å²) in [5.41, 5.74) is -0.510. The van der Waals surface area contributed by atoms with Gasteiger partial charge in [-0.1, -0.05) is 6.08 Å². The number of nitrogens with zero attached hydrogens (tertiary/aromatic N) is 1. The van der Waals surface area contributed by atoms with Crippen molar-refractivity contribution in [1.82, 2.24) is 10.2 Å². The van der Waals surface area contributed by atoms with Crippen LogP contribution in [0.5, 0.6) is 5.75 Å². The number of hydrogen-bond donors (Lipinski definition) is 2. The molecule has 0 aromatic heterocycles. The number of benzene rings is 1. The van der Waals surface area contributed by atoms with Crippen molar-refractivity contribution in [3.8, 4) is 5.75 Å². The van der Waals surface area contributed by atoms with Crippen LogP contribution in [0.2, 0.25) is 0 Å². The number of hydrogen-bond acceptors (Lipinski definition) is 3. The number of halogens is 5. The van der Waals surface area contributed by atoms with Crippen molar-refractivity contribution >= 4 is 24.8 Å². The van der Waals surface area contributed by atoms with Crippen LogP contribution >= 0.6 is 24.8 Å². The summed E-state index contributed by atoms with van der Waals surface area (Å²) in [5.74, 6) is -0.138. The lowest BCUT2D eigenvalue weighted by atomic mass is 10.0. The van der Waals surface area contributed by atoms with Gasteiger partial charge in [0.2, 0.25) is 0 Å². The molecule has 0 bridgehead atoms. The lowest BCUT2D eigenvalue weighted by Gasteiger charge is -2.33. The molecule has 8 heteroatoms. The second-order valence-electron chi connectivity index (χ2n) is 4.74. The quantitative estimate of drug-likeness (QED) is 0.813. The summed E-state index contributed by atoms with van der Waals surface area (Å²) in [6.07, 6.45) is -2.85. The van der Waals surface area contributed by atoms with Crippen molar-refractivity contribution < 1.29 is 18.3 Å². The normalized spacial score (nSPS) is 17.0. The van der Waals surface area contributed by atoms with Gasteiger partial charge in [-0.05, 0) is 18.2 Å². The second kappa shape index (κ2) is 8.62. The molecule has 1 atom stereocenters. The van der Waals surface area contributed by atoms with Gasteiger partial charge in [-0.3, -0.25) is 4.90 Å². The smallest absolute Gasteiger partial charge is 0.416 e. The number of piperazine rings is 1. The van der Waals surface area contributed by atoms with E-state index in [4.69, 9.17) is 0 Å².